The summed E-state index contributed by atoms with van der Waals surface area (Å²) in [7, 11) is 0. The van der Waals surface area contributed by atoms with Gasteiger partial charge in [-0.25, -0.2) is 9.97 Å². The lowest BCUT2D eigenvalue weighted by molar-refractivity contribution is 1.16. The molecule has 0 bridgehead atoms. The zero-order valence-corrected chi connectivity index (χ0v) is 33.7. The molecular formula is C58H38N4. The molecule has 3 heterocycles. The Morgan fingerprint density at radius 2 is 0.661 bits per heavy atom. The van der Waals surface area contributed by atoms with Crippen LogP contribution in [0, 0.1) is 0 Å². The molecule has 0 N–H and O–H groups in total. The highest BCUT2D eigenvalue weighted by Crippen LogP contribution is 2.39. The number of benzene rings is 9. The second-order valence-corrected chi connectivity index (χ2v) is 15.8. The minimum Gasteiger partial charge on any atom is -0.309 e. The average Bonchev–Trinajstić information content (AvgIpc) is 3.87. The molecule has 0 atom stereocenters. The van der Waals surface area contributed by atoms with Crippen molar-refractivity contribution in [1.82, 2.24) is 19.1 Å². The maximum atomic E-state index is 5.17. The lowest BCUT2D eigenvalue weighted by Crippen LogP contribution is -1.98. The van der Waals surface area contributed by atoms with E-state index in [0.717, 1.165) is 61.6 Å². The zero-order chi connectivity index (χ0) is 41.0. The van der Waals surface area contributed by atoms with E-state index in [1.54, 1.807) is 0 Å². The third-order valence-electron chi connectivity index (χ3n) is 12.1. The predicted molar refractivity (Wildman–Crippen MR) is 258 cm³/mol. The molecule has 12 aromatic rings. The van der Waals surface area contributed by atoms with Crippen LogP contribution in [0.3, 0.4) is 0 Å². The molecular weight excluding hydrogens is 753 g/mol. The van der Waals surface area contributed by atoms with Crippen molar-refractivity contribution >= 4 is 43.6 Å². The summed E-state index contributed by atoms with van der Waals surface area (Å²) in [5, 5.41) is 4.89. The van der Waals surface area contributed by atoms with Crippen LogP contribution < -0.4 is 0 Å². The lowest BCUT2D eigenvalue weighted by Gasteiger charge is -2.13. The second-order valence-electron chi connectivity index (χ2n) is 15.8. The number of rotatable bonds is 7. The molecule has 0 unspecified atom stereocenters. The Kier molecular flexibility index (Phi) is 8.46. The Morgan fingerprint density at radius 3 is 1.21 bits per heavy atom. The molecule has 290 valence electrons. The van der Waals surface area contributed by atoms with Crippen molar-refractivity contribution in [3.8, 4) is 67.5 Å². The fourth-order valence-electron chi connectivity index (χ4n) is 9.16. The second kappa shape index (κ2) is 14.7. The van der Waals surface area contributed by atoms with E-state index in [2.05, 4.69) is 228 Å². The van der Waals surface area contributed by atoms with Crippen LogP contribution in [0.25, 0.3) is 111 Å². The molecule has 0 saturated heterocycles. The first kappa shape index (κ1) is 35.6. The molecule has 0 radical (unpaired) electrons. The van der Waals surface area contributed by atoms with Gasteiger partial charge in [0.15, 0.2) is 5.82 Å². The Labute approximate surface area is 359 Å². The van der Waals surface area contributed by atoms with E-state index >= 15 is 0 Å². The molecule has 0 aliphatic heterocycles. The van der Waals surface area contributed by atoms with Crippen molar-refractivity contribution in [3.63, 3.8) is 0 Å². The van der Waals surface area contributed by atoms with Gasteiger partial charge in [-0.2, -0.15) is 0 Å². The summed E-state index contributed by atoms with van der Waals surface area (Å²) in [6.07, 6.45) is 0. The highest BCUT2D eigenvalue weighted by Gasteiger charge is 2.18. The van der Waals surface area contributed by atoms with E-state index in [1.807, 2.05) is 12.1 Å². The molecule has 0 fully saturated rings. The van der Waals surface area contributed by atoms with Gasteiger partial charge < -0.3 is 9.13 Å². The van der Waals surface area contributed by atoms with E-state index in [1.165, 1.54) is 43.7 Å². The first-order valence-electron chi connectivity index (χ1n) is 21.1. The maximum Gasteiger partial charge on any atom is 0.160 e. The highest BCUT2D eigenvalue weighted by molar-refractivity contribution is 6.12. The van der Waals surface area contributed by atoms with Crippen molar-refractivity contribution in [2.45, 2.75) is 0 Å². The predicted octanol–water partition coefficient (Wildman–Crippen LogP) is 15.0. The van der Waals surface area contributed by atoms with E-state index in [4.69, 9.17) is 9.97 Å². The number of hydrogen-bond acceptors (Lipinski definition) is 2. The van der Waals surface area contributed by atoms with Crippen LogP contribution in [0.4, 0.5) is 0 Å². The normalized spacial score (nSPS) is 11.5. The Bertz CT molecular complexity index is 3550. The third-order valence-corrected chi connectivity index (χ3v) is 12.1. The molecule has 4 heteroatoms. The number of aromatic nitrogens is 4. The van der Waals surface area contributed by atoms with E-state index < -0.39 is 0 Å². The van der Waals surface area contributed by atoms with Crippen LogP contribution in [0.1, 0.15) is 0 Å². The summed E-state index contributed by atoms with van der Waals surface area (Å²) >= 11 is 0. The Balaban J connectivity index is 1.00. The number of nitrogens with zero attached hydrogens (tertiary/aromatic N) is 4. The van der Waals surface area contributed by atoms with Crippen LogP contribution in [-0.4, -0.2) is 19.1 Å². The smallest absolute Gasteiger partial charge is 0.160 e. The minimum atomic E-state index is 0.687. The molecule has 4 nitrogen and oxygen atoms in total. The molecule has 9 aromatic carbocycles. The van der Waals surface area contributed by atoms with E-state index in [0.29, 0.717) is 5.82 Å². The molecule has 0 amide bonds. The molecule has 0 saturated carbocycles. The van der Waals surface area contributed by atoms with Gasteiger partial charge in [0.05, 0.1) is 33.5 Å². The summed E-state index contributed by atoms with van der Waals surface area (Å²) in [6.45, 7) is 0. The molecule has 62 heavy (non-hydrogen) atoms. The maximum absolute atomic E-state index is 5.17. The monoisotopic (exact) mass is 790 g/mol. The van der Waals surface area contributed by atoms with Crippen LogP contribution in [0.2, 0.25) is 0 Å². The largest absolute Gasteiger partial charge is 0.309 e. The van der Waals surface area contributed by atoms with Gasteiger partial charge in [-0.3, -0.25) is 0 Å². The molecule has 0 aliphatic rings. The van der Waals surface area contributed by atoms with E-state index in [9.17, 15) is 0 Å². The summed E-state index contributed by atoms with van der Waals surface area (Å²) in [5.74, 6) is 0.687. The molecule has 0 spiro atoms. The van der Waals surface area contributed by atoms with Gasteiger partial charge in [-0.15, -0.1) is 0 Å². The quantitative estimate of drug-likeness (QED) is 0.161. The minimum absolute atomic E-state index is 0.687. The van der Waals surface area contributed by atoms with Gasteiger partial charge in [0.25, 0.3) is 0 Å². The summed E-state index contributed by atoms with van der Waals surface area (Å²) in [5.41, 5.74) is 16.4. The van der Waals surface area contributed by atoms with Crippen LogP contribution in [0.5, 0.6) is 0 Å². The number of fused-ring (bicyclic) bond motifs is 6. The highest BCUT2D eigenvalue weighted by atomic mass is 15.0. The fourth-order valence-corrected chi connectivity index (χ4v) is 9.16. The molecule has 3 aromatic heterocycles. The van der Waals surface area contributed by atoms with Crippen molar-refractivity contribution in [3.05, 3.63) is 231 Å². The van der Waals surface area contributed by atoms with Gasteiger partial charge in [0, 0.05) is 49.6 Å². The zero-order valence-electron chi connectivity index (χ0n) is 33.7. The van der Waals surface area contributed by atoms with E-state index in [-0.39, 0.29) is 0 Å². The molecule has 12 rings (SSSR count). The Morgan fingerprint density at radius 1 is 0.242 bits per heavy atom. The van der Waals surface area contributed by atoms with Crippen molar-refractivity contribution in [1.29, 1.82) is 0 Å². The average molecular weight is 791 g/mol. The number of para-hydroxylation sites is 2. The van der Waals surface area contributed by atoms with Crippen LogP contribution >= 0.6 is 0 Å². The van der Waals surface area contributed by atoms with Gasteiger partial charge in [0.1, 0.15) is 0 Å². The van der Waals surface area contributed by atoms with Crippen molar-refractivity contribution in [2.75, 3.05) is 0 Å². The number of hydrogen-bond donors (Lipinski definition) is 0. The standard InChI is InChI=1S/C58H38N4/c1-4-15-39(16-5-1)40-27-31-46(32-28-40)61-54-25-12-10-23-48(54)50-33-29-43(36-56(50)61)44-30-34-51-49-24-11-13-26-55(49)62(57(51)37-44)47-22-14-21-45(35-47)58-59-52(41-17-6-2-7-18-41)38-53(60-58)42-19-8-3-9-20-42/h1-38H. The van der Waals surface area contributed by atoms with Gasteiger partial charge >= 0.3 is 0 Å². The van der Waals surface area contributed by atoms with Crippen molar-refractivity contribution < 1.29 is 0 Å². The lowest BCUT2D eigenvalue weighted by atomic mass is 10.0. The first-order valence-corrected chi connectivity index (χ1v) is 21.1. The summed E-state index contributed by atoms with van der Waals surface area (Å²) in [4.78, 5) is 10.3. The van der Waals surface area contributed by atoms with Gasteiger partial charge in [-0.1, -0.05) is 176 Å². The van der Waals surface area contributed by atoms with Gasteiger partial charge in [-0.05, 0) is 76.9 Å². The van der Waals surface area contributed by atoms with Gasteiger partial charge in [0.2, 0.25) is 0 Å². The fraction of sp³-hybridized carbons (Fsp3) is 0. The SMILES string of the molecule is c1ccc(-c2ccc(-n3c4ccccc4c4ccc(-c5ccc6c7ccccc7n(-c7cccc(-c8nc(-c9ccccc9)cc(-c9ccccc9)n8)c7)c6c5)cc43)cc2)cc1. The molecule has 0 aliphatic carbocycles. The summed E-state index contributed by atoms with van der Waals surface area (Å²) in [6, 6.07) is 82.2. The third kappa shape index (κ3) is 6.08. The van der Waals surface area contributed by atoms with Crippen LogP contribution in [0.15, 0.2) is 231 Å². The topological polar surface area (TPSA) is 35.6 Å². The first-order chi connectivity index (χ1) is 30.7. The van der Waals surface area contributed by atoms with Crippen molar-refractivity contribution in [2.24, 2.45) is 0 Å². The summed E-state index contributed by atoms with van der Waals surface area (Å²) < 4.78 is 4.79. The van der Waals surface area contributed by atoms with Crippen LogP contribution in [-0.2, 0) is 0 Å². The Hall–Kier alpha value is -8.34.